The molecule has 4 rings (SSSR count). The third-order valence-corrected chi connectivity index (χ3v) is 6.01. The van der Waals surface area contributed by atoms with Gasteiger partial charge in [-0.1, -0.05) is 42.1 Å². The minimum atomic E-state index is -0.350. The van der Waals surface area contributed by atoms with Crippen LogP contribution in [0.3, 0.4) is 0 Å². The number of morpholine rings is 1. The van der Waals surface area contributed by atoms with Crippen molar-refractivity contribution in [3.05, 3.63) is 60.8 Å². The number of nitrogen functional groups attached to an aromatic ring is 1. The highest BCUT2D eigenvalue weighted by atomic mass is 32.2. The van der Waals surface area contributed by atoms with Gasteiger partial charge < -0.3 is 20.8 Å². The van der Waals surface area contributed by atoms with Gasteiger partial charge in [0.05, 0.1) is 30.4 Å². The number of benzene rings is 2. The number of amides is 1. The fraction of sp³-hybridized carbons (Fsp3) is 0.273. The molecule has 1 unspecified atom stereocenters. The quantitative estimate of drug-likeness (QED) is 0.468. The van der Waals surface area contributed by atoms with Crippen molar-refractivity contribution in [2.45, 2.75) is 17.3 Å². The molecule has 3 aromatic rings. The Morgan fingerprint density at radius 1 is 1.13 bits per heavy atom. The molecule has 2 heterocycles. The monoisotopic (exact) mass is 423 g/mol. The summed E-state index contributed by atoms with van der Waals surface area (Å²) in [5.41, 5.74) is 3.68. The standard InChI is InChI=1S/C22H25N5O2S/c1-16(30-22-25-20(15-27(22)23)17-5-3-2-4-6-17)21(28)24-18-7-9-19(10-8-18)26-11-13-29-14-12-26/h2-10,15-16H,11-14,23H2,1H3,(H,24,28). The first kappa shape index (κ1) is 20.3. The lowest BCUT2D eigenvalue weighted by Gasteiger charge is -2.28. The van der Waals surface area contributed by atoms with E-state index >= 15 is 0 Å². The predicted octanol–water partition coefficient (Wildman–Crippen LogP) is 3.22. The maximum Gasteiger partial charge on any atom is 0.237 e. The van der Waals surface area contributed by atoms with E-state index in [0.29, 0.717) is 5.16 Å². The topological polar surface area (TPSA) is 85.4 Å². The molecule has 30 heavy (non-hydrogen) atoms. The maximum atomic E-state index is 12.7. The van der Waals surface area contributed by atoms with Gasteiger partial charge in [0.1, 0.15) is 0 Å². The number of anilines is 2. The van der Waals surface area contributed by atoms with E-state index in [1.807, 2.05) is 61.5 Å². The van der Waals surface area contributed by atoms with Crippen molar-refractivity contribution in [3.63, 3.8) is 0 Å². The van der Waals surface area contributed by atoms with Crippen LogP contribution in [0.15, 0.2) is 66.0 Å². The van der Waals surface area contributed by atoms with Crippen LogP contribution in [0.4, 0.5) is 11.4 Å². The number of hydrogen-bond donors (Lipinski definition) is 2. The minimum absolute atomic E-state index is 0.0941. The van der Waals surface area contributed by atoms with Gasteiger partial charge in [-0.05, 0) is 31.2 Å². The number of thioether (sulfide) groups is 1. The average Bonchev–Trinajstić information content (AvgIpc) is 3.15. The summed E-state index contributed by atoms with van der Waals surface area (Å²) < 4.78 is 6.86. The molecule has 156 valence electrons. The Labute approximate surface area is 180 Å². The van der Waals surface area contributed by atoms with E-state index < -0.39 is 0 Å². The second kappa shape index (κ2) is 9.23. The van der Waals surface area contributed by atoms with Gasteiger partial charge in [0.25, 0.3) is 0 Å². The number of carbonyl (C=O) groups excluding carboxylic acids is 1. The molecule has 8 heteroatoms. The van der Waals surface area contributed by atoms with Crippen LogP contribution in [0.25, 0.3) is 11.3 Å². The first-order valence-electron chi connectivity index (χ1n) is 9.90. The van der Waals surface area contributed by atoms with Gasteiger partial charge >= 0.3 is 0 Å². The SMILES string of the molecule is CC(Sc1nc(-c2ccccc2)cn1N)C(=O)Nc1ccc(N2CCOCC2)cc1. The molecule has 7 nitrogen and oxygen atoms in total. The van der Waals surface area contributed by atoms with Crippen molar-refractivity contribution >= 4 is 29.0 Å². The van der Waals surface area contributed by atoms with Gasteiger partial charge in [0, 0.05) is 30.0 Å². The Balaban J connectivity index is 1.36. The number of hydrogen-bond acceptors (Lipinski definition) is 6. The molecule has 1 amide bonds. The Bertz CT molecular complexity index is 985. The summed E-state index contributed by atoms with van der Waals surface area (Å²) in [6, 6.07) is 17.7. The van der Waals surface area contributed by atoms with Crippen molar-refractivity contribution in [3.8, 4) is 11.3 Å². The highest BCUT2D eigenvalue weighted by Gasteiger charge is 2.19. The number of nitrogens with zero attached hydrogens (tertiary/aromatic N) is 3. The Morgan fingerprint density at radius 3 is 2.53 bits per heavy atom. The zero-order valence-electron chi connectivity index (χ0n) is 16.8. The summed E-state index contributed by atoms with van der Waals surface area (Å²) in [5, 5.41) is 3.22. The number of rotatable bonds is 6. The van der Waals surface area contributed by atoms with E-state index in [-0.39, 0.29) is 11.2 Å². The molecular formula is C22H25N5O2S. The highest BCUT2D eigenvalue weighted by Crippen LogP contribution is 2.27. The number of nitrogens with one attached hydrogen (secondary N) is 1. The summed E-state index contributed by atoms with van der Waals surface area (Å²) in [6.45, 7) is 5.11. The van der Waals surface area contributed by atoms with E-state index in [0.717, 1.165) is 48.9 Å². The fourth-order valence-electron chi connectivity index (χ4n) is 3.24. The van der Waals surface area contributed by atoms with E-state index in [4.69, 9.17) is 10.6 Å². The minimum Gasteiger partial charge on any atom is -0.378 e. The van der Waals surface area contributed by atoms with Crippen LogP contribution in [0, 0.1) is 0 Å². The second-order valence-electron chi connectivity index (χ2n) is 7.08. The number of aromatic nitrogens is 2. The van der Waals surface area contributed by atoms with Crippen LogP contribution in [-0.4, -0.2) is 47.1 Å². The average molecular weight is 424 g/mol. The first-order chi connectivity index (χ1) is 14.6. The summed E-state index contributed by atoms with van der Waals surface area (Å²) in [5.74, 6) is 5.96. The number of ether oxygens (including phenoxy) is 1. The lowest BCUT2D eigenvalue weighted by atomic mass is 10.2. The van der Waals surface area contributed by atoms with Crippen molar-refractivity contribution in [1.82, 2.24) is 9.66 Å². The van der Waals surface area contributed by atoms with Gasteiger partial charge in [-0.3, -0.25) is 4.79 Å². The van der Waals surface area contributed by atoms with Crippen molar-refractivity contribution in [2.75, 3.05) is 42.4 Å². The first-order valence-corrected chi connectivity index (χ1v) is 10.8. The second-order valence-corrected chi connectivity index (χ2v) is 8.39. The molecule has 2 aromatic carbocycles. The zero-order valence-corrected chi connectivity index (χ0v) is 17.6. The van der Waals surface area contributed by atoms with E-state index in [1.54, 1.807) is 6.20 Å². The normalized spacial score (nSPS) is 15.0. The molecule has 1 saturated heterocycles. The predicted molar refractivity (Wildman–Crippen MR) is 121 cm³/mol. The molecule has 0 bridgehead atoms. The smallest absolute Gasteiger partial charge is 0.237 e. The number of nitrogens with two attached hydrogens (primary N) is 1. The van der Waals surface area contributed by atoms with Crippen LogP contribution in [0.1, 0.15) is 6.92 Å². The third kappa shape index (κ3) is 4.77. The Kier molecular flexibility index (Phi) is 6.25. The van der Waals surface area contributed by atoms with E-state index in [1.165, 1.54) is 16.4 Å². The van der Waals surface area contributed by atoms with Gasteiger partial charge in [0.2, 0.25) is 5.91 Å². The molecule has 3 N–H and O–H groups in total. The van der Waals surface area contributed by atoms with Crippen LogP contribution in [-0.2, 0) is 9.53 Å². The number of carbonyl (C=O) groups is 1. The van der Waals surface area contributed by atoms with Crippen LogP contribution in [0.2, 0.25) is 0 Å². The number of imidazole rings is 1. The van der Waals surface area contributed by atoms with Crippen LogP contribution >= 0.6 is 11.8 Å². The van der Waals surface area contributed by atoms with Gasteiger partial charge in [0.15, 0.2) is 5.16 Å². The molecular weight excluding hydrogens is 398 g/mol. The summed E-state index contributed by atoms with van der Waals surface area (Å²) in [4.78, 5) is 19.5. The van der Waals surface area contributed by atoms with Gasteiger partial charge in [-0.15, -0.1) is 0 Å². The molecule has 1 aromatic heterocycles. The molecule has 0 saturated carbocycles. The lowest BCUT2D eigenvalue weighted by Crippen LogP contribution is -2.36. The zero-order chi connectivity index (χ0) is 20.9. The largest absolute Gasteiger partial charge is 0.378 e. The van der Waals surface area contributed by atoms with Crippen molar-refractivity contribution in [2.24, 2.45) is 0 Å². The van der Waals surface area contributed by atoms with E-state index in [9.17, 15) is 4.79 Å². The van der Waals surface area contributed by atoms with Gasteiger partial charge in [-0.2, -0.15) is 0 Å². The van der Waals surface area contributed by atoms with Crippen LogP contribution < -0.4 is 16.1 Å². The highest BCUT2D eigenvalue weighted by molar-refractivity contribution is 8.00. The van der Waals surface area contributed by atoms with Crippen LogP contribution in [0.5, 0.6) is 0 Å². The summed E-state index contributed by atoms with van der Waals surface area (Å²) in [7, 11) is 0. The third-order valence-electron chi connectivity index (χ3n) is 4.93. The Hall–Kier alpha value is -2.97. The van der Waals surface area contributed by atoms with Crippen molar-refractivity contribution in [1.29, 1.82) is 0 Å². The molecule has 0 aliphatic carbocycles. The van der Waals surface area contributed by atoms with Crippen molar-refractivity contribution < 1.29 is 9.53 Å². The van der Waals surface area contributed by atoms with Gasteiger partial charge in [-0.25, -0.2) is 9.66 Å². The molecule has 1 aliphatic heterocycles. The molecule has 0 spiro atoms. The molecule has 1 aliphatic rings. The lowest BCUT2D eigenvalue weighted by molar-refractivity contribution is -0.115. The van der Waals surface area contributed by atoms with E-state index in [2.05, 4.69) is 15.2 Å². The Morgan fingerprint density at radius 2 is 1.83 bits per heavy atom. The molecule has 1 atom stereocenters. The maximum absolute atomic E-state index is 12.7. The summed E-state index contributed by atoms with van der Waals surface area (Å²) in [6.07, 6.45) is 1.77. The molecule has 1 fully saturated rings. The molecule has 0 radical (unpaired) electrons. The summed E-state index contributed by atoms with van der Waals surface area (Å²) >= 11 is 1.33. The fourth-order valence-corrected chi connectivity index (χ4v) is 4.05.